The monoisotopic (exact) mass is 500 g/mol. The maximum Gasteiger partial charge on any atom is 0.295 e. The number of ketones is 1. The average Bonchev–Trinajstić information content (AvgIpc) is 3.14. The Bertz CT molecular complexity index is 1320. The highest BCUT2D eigenvalue weighted by atomic mass is 16.5. The Morgan fingerprint density at radius 3 is 2.38 bits per heavy atom. The summed E-state index contributed by atoms with van der Waals surface area (Å²) in [5, 5.41) is 11.4. The van der Waals surface area contributed by atoms with E-state index in [-0.39, 0.29) is 11.3 Å². The van der Waals surface area contributed by atoms with Gasteiger partial charge in [-0.15, -0.1) is 0 Å². The molecule has 0 spiro atoms. The van der Waals surface area contributed by atoms with Crippen molar-refractivity contribution >= 4 is 17.4 Å². The van der Waals surface area contributed by atoms with E-state index in [1.54, 1.807) is 18.2 Å². The Labute approximate surface area is 217 Å². The lowest BCUT2D eigenvalue weighted by Crippen LogP contribution is -2.35. The second-order valence-electron chi connectivity index (χ2n) is 9.20. The number of aliphatic hydroxyl groups excluding tert-OH is 1. The summed E-state index contributed by atoms with van der Waals surface area (Å²) in [6.07, 6.45) is 0. The van der Waals surface area contributed by atoms with Crippen molar-refractivity contribution in [2.24, 2.45) is 0 Å². The number of para-hydroxylation sites is 1. The summed E-state index contributed by atoms with van der Waals surface area (Å²) in [7, 11) is 3.81. The molecule has 1 aliphatic heterocycles. The molecule has 1 saturated heterocycles. The van der Waals surface area contributed by atoms with Crippen LogP contribution < -0.4 is 9.47 Å². The number of rotatable bonds is 9. The molecular formula is C30H32N2O5. The molecule has 1 atom stereocenters. The summed E-state index contributed by atoms with van der Waals surface area (Å²) in [6.45, 7) is 5.18. The van der Waals surface area contributed by atoms with Crippen molar-refractivity contribution < 1.29 is 24.2 Å². The van der Waals surface area contributed by atoms with E-state index in [2.05, 4.69) is 0 Å². The Hall–Kier alpha value is -4.10. The molecule has 7 nitrogen and oxygen atoms in total. The highest BCUT2D eigenvalue weighted by Gasteiger charge is 2.46. The molecule has 37 heavy (non-hydrogen) atoms. The summed E-state index contributed by atoms with van der Waals surface area (Å²) < 4.78 is 11.6. The molecule has 7 heteroatoms. The second-order valence-corrected chi connectivity index (χ2v) is 9.20. The van der Waals surface area contributed by atoms with E-state index in [0.29, 0.717) is 48.1 Å². The van der Waals surface area contributed by atoms with Crippen LogP contribution in [0.5, 0.6) is 17.2 Å². The van der Waals surface area contributed by atoms with Gasteiger partial charge in [0, 0.05) is 18.7 Å². The van der Waals surface area contributed by atoms with Gasteiger partial charge in [-0.25, -0.2) is 0 Å². The number of nitrogens with zero attached hydrogens (tertiary/aromatic N) is 2. The van der Waals surface area contributed by atoms with Gasteiger partial charge in [-0.3, -0.25) is 9.59 Å². The van der Waals surface area contributed by atoms with Gasteiger partial charge in [-0.2, -0.15) is 0 Å². The number of carbonyl (C=O) groups excluding carboxylic acids is 2. The van der Waals surface area contributed by atoms with E-state index in [1.165, 1.54) is 4.90 Å². The molecule has 0 aromatic heterocycles. The predicted molar refractivity (Wildman–Crippen MR) is 143 cm³/mol. The first-order chi connectivity index (χ1) is 17.8. The topological polar surface area (TPSA) is 79.3 Å². The van der Waals surface area contributed by atoms with E-state index in [9.17, 15) is 14.7 Å². The lowest BCUT2D eigenvalue weighted by atomic mass is 9.94. The molecule has 1 heterocycles. The summed E-state index contributed by atoms with van der Waals surface area (Å²) in [5.41, 5.74) is 2.01. The van der Waals surface area contributed by atoms with Gasteiger partial charge < -0.3 is 24.4 Å². The van der Waals surface area contributed by atoms with Crippen LogP contribution in [0.1, 0.15) is 29.7 Å². The molecule has 1 N–H and O–H groups in total. The maximum absolute atomic E-state index is 13.3. The minimum atomic E-state index is -0.758. The zero-order valence-corrected chi connectivity index (χ0v) is 21.6. The number of aliphatic hydroxyl groups is 1. The van der Waals surface area contributed by atoms with Crippen molar-refractivity contribution in [3.63, 3.8) is 0 Å². The summed E-state index contributed by atoms with van der Waals surface area (Å²) in [6, 6.07) is 21.1. The van der Waals surface area contributed by atoms with Crippen LogP contribution in [-0.2, 0) is 9.59 Å². The van der Waals surface area contributed by atoms with E-state index in [4.69, 9.17) is 9.47 Å². The van der Waals surface area contributed by atoms with Gasteiger partial charge >= 0.3 is 0 Å². The zero-order chi connectivity index (χ0) is 26.5. The summed E-state index contributed by atoms with van der Waals surface area (Å²) in [4.78, 5) is 30.0. The van der Waals surface area contributed by atoms with Gasteiger partial charge in [0.1, 0.15) is 23.0 Å². The molecule has 192 valence electrons. The third-order valence-corrected chi connectivity index (χ3v) is 6.23. The minimum Gasteiger partial charge on any atom is -0.507 e. The third-order valence-electron chi connectivity index (χ3n) is 6.23. The molecule has 0 aliphatic carbocycles. The maximum atomic E-state index is 13.3. The Kier molecular flexibility index (Phi) is 7.94. The first kappa shape index (κ1) is 26.0. The molecule has 0 saturated carbocycles. The average molecular weight is 501 g/mol. The smallest absolute Gasteiger partial charge is 0.295 e. The van der Waals surface area contributed by atoms with Crippen molar-refractivity contribution in [2.45, 2.75) is 19.9 Å². The molecule has 1 amide bonds. The van der Waals surface area contributed by atoms with E-state index >= 15 is 0 Å². The Balaban J connectivity index is 1.80. The number of amides is 1. The van der Waals surface area contributed by atoms with Crippen molar-refractivity contribution in [3.05, 3.63) is 95.1 Å². The van der Waals surface area contributed by atoms with E-state index in [1.807, 2.05) is 87.4 Å². The summed E-state index contributed by atoms with van der Waals surface area (Å²) in [5.74, 6) is 0.390. The number of carbonyl (C=O) groups is 2. The largest absolute Gasteiger partial charge is 0.507 e. The first-order valence-electron chi connectivity index (χ1n) is 12.3. The van der Waals surface area contributed by atoms with Crippen LogP contribution in [0.2, 0.25) is 0 Å². The van der Waals surface area contributed by atoms with Gasteiger partial charge in [0.25, 0.3) is 11.7 Å². The molecule has 1 fully saturated rings. The molecule has 3 aromatic rings. The molecule has 0 radical (unpaired) electrons. The quantitative estimate of drug-likeness (QED) is 0.248. The van der Waals surface area contributed by atoms with Crippen LogP contribution >= 0.6 is 0 Å². The first-order valence-corrected chi connectivity index (χ1v) is 12.3. The Morgan fingerprint density at radius 2 is 1.70 bits per heavy atom. The van der Waals surface area contributed by atoms with Crippen molar-refractivity contribution in [1.82, 2.24) is 9.80 Å². The highest BCUT2D eigenvalue weighted by molar-refractivity contribution is 6.46. The van der Waals surface area contributed by atoms with Crippen molar-refractivity contribution in [1.29, 1.82) is 0 Å². The van der Waals surface area contributed by atoms with Crippen LogP contribution in [-0.4, -0.2) is 60.4 Å². The number of aryl methyl sites for hydroxylation is 1. The fourth-order valence-electron chi connectivity index (χ4n) is 4.41. The Morgan fingerprint density at radius 1 is 0.973 bits per heavy atom. The molecule has 3 aromatic carbocycles. The molecule has 4 rings (SSSR count). The number of likely N-dealkylation sites (tertiary alicyclic amines) is 1. The summed E-state index contributed by atoms with van der Waals surface area (Å²) >= 11 is 0. The third kappa shape index (κ3) is 5.67. The SMILES string of the molecule is CCOc1ccc(/C(O)=C2\C(=O)C(=O)N(CCN(C)C)C2c2cccc(Oc3ccccc3)c2)cc1C. The lowest BCUT2D eigenvalue weighted by Gasteiger charge is -2.27. The fourth-order valence-corrected chi connectivity index (χ4v) is 4.41. The highest BCUT2D eigenvalue weighted by Crippen LogP contribution is 2.41. The van der Waals surface area contributed by atoms with Gasteiger partial charge in [0.05, 0.1) is 18.2 Å². The van der Waals surface area contributed by atoms with Crippen molar-refractivity contribution in [3.8, 4) is 17.2 Å². The number of hydrogen-bond acceptors (Lipinski definition) is 6. The number of ether oxygens (including phenoxy) is 2. The molecule has 1 aliphatic rings. The van der Waals surface area contributed by atoms with Crippen LogP contribution in [0.3, 0.4) is 0 Å². The zero-order valence-electron chi connectivity index (χ0n) is 21.6. The van der Waals surface area contributed by atoms with Gasteiger partial charge in [0.15, 0.2) is 0 Å². The predicted octanol–water partition coefficient (Wildman–Crippen LogP) is 5.17. The van der Waals surface area contributed by atoms with Gasteiger partial charge in [0.2, 0.25) is 0 Å². The van der Waals surface area contributed by atoms with Crippen LogP contribution in [0.4, 0.5) is 0 Å². The van der Waals surface area contributed by atoms with Gasteiger partial charge in [-0.05, 0) is 81.5 Å². The standard InChI is InChI=1S/C30H32N2O5/c1-5-36-25-15-14-22(18-20(25)2)28(33)26-27(32(17-16-31(3)4)30(35)29(26)34)21-10-9-13-24(19-21)37-23-11-7-6-8-12-23/h6-15,18-19,27,33H,5,16-17H2,1-4H3/b28-26+. The fraction of sp³-hybridized carbons (Fsp3) is 0.267. The number of likely N-dealkylation sites (N-methyl/N-ethyl adjacent to an activating group) is 1. The normalized spacial score (nSPS) is 16.9. The molecule has 0 bridgehead atoms. The number of Topliss-reactive ketones (excluding diaryl/α,β-unsaturated/α-hetero) is 1. The molecular weight excluding hydrogens is 468 g/mol. The minimum absolute atomic E-state index is 0.0594. The number of benzene rings is 3. The number of hydrogen-bond donors (Lipinski definition) is 1. The van der Waals surface area contributed by atoms with E-state index < -0.39 is 17.7 Å². The van der Waals surface area contributed by atoms with Gasteiger partial charge in [-0.1, -0.05) is 30.3 Å². The van der Waals surface area contributed by atoms with Crippen molar-refractivity contribution in [2.75, 3.05) is 33.8 Å². The molecule has 1 unspecified atom stereocenters. The van der Waals surface area contributed by atoms with Crippen LogP contribution in [0.25, 0.3) is 5.76 Å². The van der Waals surface area contributed by atoms with Crippen LogP contribution in [0, 0.1) is 6.92 Å². The lowest BCUT2D eigenvalue weighted by molar-refractivity contribution is -0.140. The van der Waals surface area contributed by atoms with Crippen LogP contribution in [0.15, 0.2) is 78.4 Å². The second kappa shape index (κ2) is 11.3. The van der Waals surface area contributed by atoms with E-state index in [0.717, 1.165) is 5.56 Å².